The van der Waals surface area contributed by atoms with Crippen LogP contribution in [0.3, 0.4) is 0 Å². The number of hydrogen-bond donors (Lipinski definition) is 1. The van der Waals surface area contributed by atoms with Gasteiger partial charge >= 0.3 is 0 Å². The van der Waals surface area contributed by atoms with Crippen LogP contribution < -0.4 is 9.62 Å². The largest absolute Gasteiger partial charge is 0.368 e. The van der Waals surface area contributed by atoms with Crippen LogP contribution in [0.15, 0.2) is 78.1 Å². The lowest BCUT2D eigenvalue weighted by molar-refractivity contribution is -0.132. The fraction of sp³-hybridized carbons (Fsp3) is 0.292. The number of amides is 1. The molecule has 2 aromatic carbocycles. The predicted molar refractivity (Wildman–Crippen MR) is 125 cm³/mol. The van der Waals surface area contributed by atoms with E-state index in [9.17, 15) is 13.2 Å². The zero-order chi connectivity index (χ0) is 22.8. The summed E-state index contributed by atoms with van der Waals surface area (Å²) in [5.74, 6) is 0.925. The Morgan fingerprint density at radius 2 is 1.67 bits per heavy atom. The monoisotopic (exact) mass is 463 g/mol. The SMILES string of the molecule is O=C(C1C[C@H]1c1ccccc1)N1CCN(c2ccc(S(=O)(=O)Nc3ccncn3)cc2)CC1. The minimum Gasteiger partial charge on any atom is -0.368 e. The van der Waals surface area contributed by atoms with Crippen LogP contribution in [-0.2, 0) is 14.8 Å². The molecule has 5 rings (SSSR count). The highest BCUT2D eigenvalue weighted by atomic mass is 32.2. The normalized spacial score (nSPS) is 20.4. The van der Waals surface area contributed by atoms with Crippen molar-refractivity contribution >= 4 is 27.4 Å². The molecule has 2 atom stereocenters. The second-order valence-electron chi connectivity index (χ2n) is 8.37. The Balaban J connectivity index is 1.17. The first kappa shape index (κ1) is 21.4. The Hall–Kier alpha value is -3.46. The highest BCUT2D eigenvalue weighted by Crippen LogP contribution is 2.48. The molecule has 0 spiro atoms. The van der Waals surface area contributed by atoms with Gasteiger partial charge in [-0.1, -0.05) is 30.3 Å². The zero-order valence-electron chi connectivity index (χ0n) is 18.0. The van der Waals surface area contributed by atoms with Crippen molar-refractivity contribution in [3.8, 4) is 0 Å². The fourth-order valence-electron chi connectivity index (χ4n) is 4.34. The standard InChI is InChI=1S/C24H25N5O3S/c30-24(22-16-21(22)18-4-2-1-3-5-18)29-14-12-28(13-15-29)19-6-8-20(9-7-19)33(31,32)27-23-10-11-25-17-26-23/h1-11,17,21-22H,12-16H2,(H,25,26,27)/t21-,22?/m0/s1. The second-order valence-corrected chi connectivity index (χ2v) is 10.0. The molecule has 3 aromatic rings. The van der Waals surface area contributed by atoms with Crippen molar-refractivity contribution in [1.82, 2.24) is 14.9 Å². The molecule has 0 bridgehead atoms. The third kappa shape index (κ3) is 4.68. The summed E-state index contributed by atoms with van der Waals surface area (Å²) in [6, 6.07) is 18.5. The van der Waals surface area contributed by atoms with Gasteiger partial charge < -0.3 is 9.80 Å². The van der Waals surface area contributed by atoms with E-state index in [1.807, 2.05) is 23.1 Å². The van der Waals surface area contributed by atoms with Gasteiger partial charge in [-0.3, -0.25) is 9.52 Å². The Kier molecular flexibility index (Phi) is 5.72. The van der Waals surface area contributed by atoms with Gasteiger partial charge in [-0.15, -0.1) is 0 Å². The molecule has 1 saturated heterocycles. The van der Waals surface area contributed by atoms with E-state index in [0.29, 0.717) is 19.0 Å². The predicted octanol–water partition coefficient (Wildman–Crippen LogP) is 2.73. The minimum absolute atomic E-state index is 0.103. The number of carbonyl (C=O) groups excluding carboxylic acids is 1. The number of benzene rings is 2. The molecule has 1 saturated carbocycles. The van der Waals surface area contributed by atoms with Gasteiger partial charge in [0.2, 0.25) is 5.91 Å². The van der Waals surface area contributed by atoms with Gasteiger partial charge in [0.05, 0.1) is 4.90 Å². The average Bonchev–Trinajstić information content (AvgIpc) is 3.66. The van der Waals surface area contributed by atoms with Gasteiger partial charge in [0, 0.05) is 44.0 Å². The van der Waals surface area contributed by atoms with E-state index in [4.69, 9.17) is 0 Å². The highest BCUT2D eigenvalue weighted by Gasteiger charge is 2.46. The van der Waals surface area contributed by atoms with Crippen molar-refractivity contribution in [2.24, 2.45) is 5.92 Å². The first-order chi connectivity index (χ1) is 16.0. The lowest BCUT2D eigenvalue weighted by Gasteiger charge is -2.36. The lowest BCUT2D eigenvalue weighted by Crippen LogP contribution is -2.49. The summed E-state index contributed by atoms with van der Waals surface area (Å²) in [7, 11) is -3.72. The van der Waals surface area contributed by atoms with E-state index in [0.717, 1.165) is 25.2 Å². The first-order valence-electron chi connectivity index (χ1n) is 11.0. The molecule has 0 radical (unpaired) electrons. The minimum atomic E-state index is -3.72. The summed E-state index contributed by atoms with van der Waals surface area (Å²) in [6.07, 6.45) is 3.70. The van der Waals surface area contributed by atoms with E-state index in [-0.39, 0.29) is 22.5 Å². The van der Waals surface area contributed by atoms with Crippen molar-refractivity contribution in [2.45, 2.75) is 17.2 Å². The third-order valence-corrected chi connectivity index (χ3v) is 7.63. The van der Waals surface area contributed by atoms with E-state index in [1.165, 1.54) is 24.2 Å². The Bertz CT molecular complexity index is 1210. The van der Waals surface area contributed by atoms with Crippen LogP contribution in [0.1, 0.15) is 17.9 Å². The van der Waals surface area contributed by atoms with Crippen LogP contribution in [0.25, 0.3) is 0 Å². The second kappa shape index (κ2) is 8.82. The summed E-state index contributed by atoms with van der Waals surface area (Å²) in [5.41, 5.74) is 2.19. The van der Waals surface area contributed by atoms with Gasteiger partial charge in [-0.05, 0) is 48.2 Å². The Morgan fingerprint density at radius 3 is 2.33 bits per heavy atom. The maximum absolute atomic E-state index is 12.9. The molecular weight excluding hydrogens is 438 g/mol. The number of piperazine rings is 1. The molecule has 2 aliphatic rings. The van der Waals surface area contributed by atoms with Crippen molar-refractivity contribution < 1.29 is 13.2 Å². The molecule has 170 valence electrons. The third-order valence-electron chi connectivity index (χ3n) is 6.26. The van der Waals surface area contributed by atoms with Crippen LogP contribution >= 0.6 is 0 Å². The quantitative estimate of drug-likeness (QED) is 0.604. The van der Waals surface area contributed by atoms with E-state index in [2.05, 4.69) is 31.7 Å². The number of hydrogen-bond acceptors (Lipinski definition) is 6. The van der Waals surface area contributed by atoms with Crippen molar-refractivity contribution in [3.05, 3.63) is 78.8 Å². The maximum Gasteiger partial charge on any atom is 0.263 e. The molecule has 2 fully saturated rings. The number of aromatic nitrogens is 2. The van der Waals surface area contributed by atoms with Crippen molar-refractivity contribution in [1.29, 1.82) is 0 Å². The average molecular weight is 464 g/mol. The van der Waals surface area contributed by atoms with Gasteiger partial charge in [0.15, 0.2) is 0 Å². The van der Waals surface area contributed by atoms with E-state index < -0.39 is 10.0 Å². The van der Waals surface area contributed by atoms with E-state index >= 15 is 0 Å². The topological polar surface area (TPSA) is 95.5 Å². The molecule has 8 nitrogen and oxygen atoms in total. The molecule has 1 aromatic heterocycles. The summed E-state index contributed by atoms with van der Waals surface area (Å²) in [6.45, 7) is 2.79. The smallest absolute Gasteiger partial charge is 0.263 e. The Labute approximate surface area is 193 Å². The van der Waals surface area contributed by atoms with Crippen LogP contribution in [0.4, 0.5) is 11.5 Å². The van der Waals surface area contributed by atoms with Gasteiger partial charge in [0.1, 0.15) is 12.1 Å². The molecule has 33 heavy (non-hydrogen) atoms. The molecule has 1 amide bonds. The molecular formula is C24H25N5O3S. The number of rotatable bonds is 6. The summed E-state index contributed by atoms with van der Waals surface area (Å²) in [5, 5.41) is 0. The molecule has 1 unspecified atom stereocenters. The highest BCUT2D eigenvalue weighted by molar-refractivity contribution is 7.92. The zero-order valence-corrected chi connectivity index (χ0v) is 18.9. The van der Waals surface area contributed by atoms with Crippen LogP contribution in [-0.4, -0.2) is 55.4 Å². The van der Waals surface area contributed by atoms with E-state index in [1.54, 1.807) is 24.3 Å². The lowest BCUT2D eigenvalue weighted by atomic mass is 10.1. The summed E-state index contributed by atoms with van der Waals surface area (Å²) < 4.78 is 27.6. The van der Waals surface area contributed by atoms with Crippen LogP contribution in [0.2, 0.25) is 0 Å². The molecule has 1 aliphatic heterocycles. The maximum atomic E-state index is 12.9. The fourth-order valence-corrected chi connectivity index (χ4v) is 5.35. The number of sulfonamides is 1. The van der Waals surface area contributed by atoms with Crippen LogP contribution in [0, 0.1) is 5.92 Å². The number of nitrogens with one attached hydrogen (secondary N) is 1. The molecule has 1 N–H and O–H groups in total. The molecule has 9 heteroatoms. The van der Waals surface area contributed by atoms with Gasteiger partial charge in [-0.25, -0.2) is 18.4 Å². The first-order valence-corrected chi connectivity index (χ1v) is 12.5. The van der Waals surface area contributed by atoms with Crippen molar-refractivity contribution in [2.75, 3.05) is 35.8 Å². The van der Waals surface area contributed by atoms with Gasteiger partial charge in [-0.2, -0.15) is 0 Å². The number of carbonyl (C=O) groups is 1. The summed E-state index contributed by atoms with van der Waals surface area (Å²) in [4.78, 5) is 24.9. The summed E-state index contributed by atoms with van der Waals surface area (Å²) >= 11 is 0. The Morgan fingerprint density at radius 1 is 0.939 bits per heavy atom. The molecule has 1 aliphatic carbocycles. The molecule has 2 heterocycles. The number of anilines is 2. The number of nitrogens with zero attached hydrogens (tertiary/aromatic N) is 4. The van der Waals surface area contributed by atoms with Crippen molar-refractivity contribution in [3.63, 3.8) is 0 Å². The van der Waals surface area contributed by atoms with Gasteiger partial charge in [0.25, 0.3) is 10.0 Å². The van der Waals surface area contributed by atoms with Crippen LogP contribution in [0.5, 0.6) is 0 Å².